The van der Waals surface area contributed by atoms with Gasteiger partial charge in [0.25, 0.3) is 5.69 Å². The zero-order valence-electron chi connectivity index (χ0n) is 18.4. The molecule has 2 fully saturated rings. The normalized spacial score (nSPS) is 20.5. The lowest BCUT2D eigenvalue weighted by molar-refractivity contribution is -0.385. The monoisotopic (exact) mass is 472 g/mol. The first-order valence-electron chi connectivity index (χ1n) is 11.1. The number of nitro benzene ring substituents is 1. The van der Waals surface area contributed by atoms with Gasteiger partial charge in [0.05, 0.1) is 15.7 Å². The number of carbonyl (C=O) groups excluding carboxylic acids is 1. The Morgan fingerprint density at radius 3 is 2.42 bits per heavy atom. The molecule has 2 aromatic carbocycles. The first-order valence-corrected chi connectivity index (χ1v) is 12.6. The number of rotatable bonds is 6. The minimum Gasteiger partial charge on any atom is -0.340 e. The van der Waals surface area contributed by atoms with E-state index in [-0.39, 0.29) is 23.0 Å². The SMILES string of the molecule is O=C([C@@H]1CCCN(S(=O)(=O)c2cccc([N+](=O)[O-])c2)C1)N1CCN(Cc2ccccc2)CC1. The highest BCUT2D eigenvalue weighted by Gasteiger charge is 2.36. The van der Waals surface area contributed by atoms with Crippen molar-refractivity contribution in [3.63, 3.8) is 0 Å². The van der Waals surface area contributed by atoms with E-state index in [1.165, 1.54) is 28.1 Å². The Labute approximate surface area is 193 Å². The van der Waals surface area contributed by atoms with Crippen molar-refractivity contribution in [2.24, 2.45) is 5.92 Å². The van der Waals surface area contributed by atoms with Crippen molar-refractivity contribution < 1.29 is 18.1 Å². The average Bonchev–Trinajstić information content (AvgIpc) is 2.85. The number of piperidine rings is 1. The topological polar surface area (TPSA) is 104 Å². The van der Waals surface area contributed by atoms with Crippen molar-refractivity contribution in [2.75, 3.05) is 39.3 Å². The number of benzene rings is 2. The van der Waals surface area contributed by atoms with Crippen LogP contribution in [0.15, 0.2) is 59.5 Å². The Kier molecular flexibility index (Phi) is 7.06. The zero-order valence-corrected chi connectivity index (χ0v) is 19.2. The fraction of sp³-hybridized carbons (Fsp3) is 0.435. The Hall–Kier alpha value is -2.82. The largest absolute Gasteiger partial charge is 0.340 e. The summed E-state index contributed by atoms with van der Waals surface area (Å²) in [6, 6.07) is 15.3. The summed E-state index contributed by atoms with van der Waals surface area (Å²) in [5, 5.41) is 11.0. The molecule has 0 spiro atoms. The van der Waals surface area contributed by atoms with Gasteiger partial charge in [-0.05, 0) is 24.5 Å². The van der Waals surface area contributed by atoms with Crippen molar-refractivity contribution in [1.82, 2.24) is 14.1 Å². The first-order chi connectivity index (χ1) is 15.8. The molecule has 9 nitrogen and oxygen atoms in total. The minimum absolute atomic E-state index is 0.00620. The molecular weight excluding hydrogens is 444 g/mol. The van der Waals surface area contributed by atoms with E-state index in [2.05, 4.69) is 17.0 Å². The molecule has 0 aromatic heterocycles. The third-order valence-electron chi connectivity index (χ3n) is 6.33. The maximum atomic E-state index is 13.2. The standard InChI is InChI=1S/C23H28N4O5S/c28-23(25-14-12-24(13-15-25)17-19-6-2-1-3-7-19)20-8-5-11-26(18-20)33(31,32)22-10-4-9-21(16-22)27(29)30/h1-4,6-7,9-10,16,20H,5,8,11-15,17-18H2/t20-/m1/s1. The van der Waals surface area contributed by atoms with Gasteiger partial charge in [0.15, 0.2) is 0 Å². The van der Waals surface area contributed by atoms with E-state index < -0.39 is 20.9 Å². The number of nitro groups is 1. The van der Waals surface area contributed by atoms with Crippen LogP contribution in [0.4, 0.5) is 5.69 Å². The number of non-ortho nitro benzene ring substituents is 1. The second-order valence-corrected chi connectivity index (χ2v) is 10.5. The number of sulfonamides is 1. The van der Waals surface area contributed by atoms with Crippen LogP contribution in [0, 0.1) is 16.0 Å². The number of hydrogen-bond donors (Lipinski definition) is 0. The molecule has 1 atom stereocenters. The number of carbonyl (C=O) groups is 1. The first kappa shape index (κ1) is 23.3. The van der Waals surface area contributed by atoms with Crippen LogP contribution >= 0.6 is 0 Å². The molecule has 2 saturated heterocycles. The average molecular weight is 473 g/mol. The summed E-state index contributed by atoms with van der Waals surface area (Å²) < 4.78 is 27.5. The molecule has 33 heavy (non-hydrogen) atoms. The van der Waals surface area contributed by atoms with Crippen LogP contribution in [0.25, 0.3) is 0 Å². The molecule has 2 aliphatic heterocycles. The van der Waals surface area contributed by atoms with Gasteiger partial charge in [-0.3, -0.25) is 19.8 Å². The Balaban J connectivity index is 1.37. The molecule has 2 heterocycles. The molecule has 0 saturated carbocycles. The number of nitrogens with zero attached hydrogens (tertiary/aromatic N) is 4. The molecule has 4 rings (SSSR count). The van der Waals surface area contributed by atoms with Gasteiger partial charge in [-0.1, -0.05) is 36.4 Å². The lowest BCUT2D eigenvalue weighted by Gasteiger charge is -2.38. The highest BCUT2D eigenvalue weighted by atomic mass is 32.2. The number of amides is 1. The molecule has 2 aliphatic rings. The fourth-order valence-electron chi connectivity index (χ4n) is 4.50. The van der Waals surface area contributed by atoms with E-state index >= 15 is 0 Å². The fourth-order valence-corrected chi connectivity index (χ4v) is 6.06. The highest BCUT2D eigenvalue weighted by Crippen LogP contribution is 2.27. The predicted octanol–water partition coefficient (Wildman–Crippen LogP) is 2.34. The van der Waals surface area contributed by atoms with Crippen LogP contribution in [0.1, 0.15) is 18.4 Å². The number of piperazine rings is 1. The van der Waals surface area contributed by atoms with E-state index in [0.717, 1.165) is 25.7 Å². The van der Waals surface area contributed by atoms with E-state index in [9.17, 15) is 23.3 Å². The molecule has 0 unspecified atom stereocenters. The van der Waals surface area contributed by atoms with Crippen LogP contribution in [0.5, 0.6) is 0 Å². The summed E-state index contributed by atoms with van der Waals surface area (Å²) in [7, 11) is -3.91. The van der Waals surface area contributed by atoms with Gasteiger partial charge in [0.2, 0.25) is 15.9 Å². The molecule has 2 aromatic rings. The van der Waals surface area contributed by atoms with Crippen LogP contribution < -0.4 is 0 Å². The Morgan fingerprint density at radius 2 is 1.73 bits per heavy atom. The van der Waals surface area contributed by atoms with Crippen LogP contribution in [0.3, 0.4) is 0 Å². The summed E-state index contributed by atoms with van der Waals surface area (Å²) in [6.07, 6.45) is 1.22. The molecule has 0 aliphatic carbocycles. The second-order valence-electron chi connectivity index (χ2n) is 8.54. The molecule has 0 bridgehead atoms. The third-order valence-corrected chi connectivity index (χ3v) is 8.19. The van der Waals surface area contributed by atoms with Gasteiger partial charge >= 0.3 is 0 Å². The van der Waals surface area contributed by atoms with Crippen molar-refractivity contribution in [1.29, 1.82) is 0 Å². The van der Waals surface area contributed by atoms with E-state index in [1.807, 2.05) is 23.1 Å². The summed E-state index contributed by atoms with van der Waals surface area (Å²) in [5.41, 5.74) is 0.973. The minimum atomic E-state index is -3.91. The Bertz CT molecular complexity index is 1100. The smallest absolute Gasteiger partial charge is 0.270 e. The van der Waals surface area contributed by atoms with Gasteiger partial charge in [-0.15, -0.1) is 0 Å². The summed E-state index contributed by atoms with van der Waals surface area (Å²) in [5.74, 6) is -0.402. The van der Waals surface area contributed by atoms with E-state index in [1.54, 1.807) is 0 Å². The lowest BCUT2D eigenvalue weighted by Crippen LogP contribution is -2.52. The maximum absolute atomic E-state index is 13.2. The van der Waals surface area contributed by atoms with Gasteiger partial charge in [-0.25, -0.2) is 8.42 Å². The number of hydrogen-bond acceptors (Lipinski definition) is 6. The van der Waals surface area contributed by atoms with Crippen molar-refractivity contribution in [3.8, 4) is 0 Å². The van der Waals surface area contributed by atoms with Crippen molar-refractivity contribution in [3.05, 3.63) is 70.3 Å². The Morgan fingerprint density at radius 1 is 1.00 bits per heavy atom. The zero-order chi connectivity index (χ0) is 23.4. The highest BCUT2D eigenvalue weighted by molar-refractivity contribution is 7.89. The molecule has 10 heteroatoms. The summed E-state index contributed by atoms with van der Waals surface area (Å²) >= 11 is 0. The van der Waals surface area contributed by atoms with Crippen molar-refractivity contribution in [2.45, 2.75) is 24.3 Å². The van der Waals surface area contributed by atoms with Gasteiger partial charge in [-0.2, -0.15) is 4.31 Å². The van der Waals surface area contributed by atoms with Gasteiger partial charge in [0.1, 0.15) is 0 Å². The van der Waals surface area contributed by atoms with Gasteiger partial charge < -0.3 is 4.90 Å². The van der Waals surface area contributed by atoms with Crippen LogP contribution in [-0.2, 0) is 21.4 Å². The van der Waals surface area contributed by atoms with Gasteiger partial charge in [0, 0.05) is 57.9 Å². The third kappa shape index (κ3) is 5.40. The second kappa shape index (κ2) is 9.98. The summed E-state index contributed by atoms with van der Waals surface area (Å²) in [4.78, 5) is 27.6. The van der Waals surface area contributed by atoms with E-state index in [0.29, 0.717) is 32.5 Å². The van der Waals surface area contributed by atoms with Crippen molar-refractivity contribution >= 4 is 21.6 Å². The van der Waals surface area contributed by atoms with Crippen LogP contribution in [0.2, 0.25) is 0 Å². The molecule has 0 N–H and O–H groups in total. The van der Waals surface area contributed by atoms with Crippen LogP contribution in [-0.4, -0.2) is 72.6 Å². The molecular formula is C23H28N4O5S. The van der Waals surface area contributed by atoms with E-state index in [4.69, 9.17) is 0 Å². The molecule has 1 amide bonds. The molecule has 0 radical (unpaired) electrons. The summed E-state index contributed by atoms with van der Waals surface area (Å²) in [6.45, 7) is 4.07. The predicted molar refractivity (Wildman–Crippen MR) is 123 cm³/mol. The maximum Gasteiger partial charge on any atom is 0.270 e. The molecule has 176 valence electrons. The lowest BCUT2D eigenvalue weighted by atomic mass is 9.97. The quantitative estimate of drug-likeness (QED) is 0.472.